The van der Waals surface area contributed by atoms with Gasteiger partial charge in [-0.1, -0.05) is 42.8 Å². The van der Waals surface area contributed by atoms with Gasteiger partial charge in [-0.25, -0.2) is 9.97 Å². The minimum absolute atomic E-state index is 0.0417. The number of carbonyl (C=O) groups is 2. The zero-order chi connectivity index (χ0) is 26.4. The smallest absolute Gasteiger partial charge is 0.249 e. The molecule has 0 unspecified atom stereocenters. The highest BCUT2D eigenvalue weighted by Gasteiger charge is 2.44. The molecule has 6 rings (SSSR count). The topological polar surface area (TPSA) is 78.4 Å². The first-order chi connectivity index (χ1) is 18.4. The SMILES string of the molecule is C[C@H]1C[C@H](C(=O)N(C)c2ccc(C3CC3)cc2)N(c2cc(NC(=O)[C@H]3C[C@@H]3c3cccc(Cl)c3)ncn2)C1. The van der Waals surface area contributed by atoms with E-state index in [1.807, 2.05) is 48.3 Å². The van der Waals surface area contributed by atoms with Crippen molar-refractivity contribution in [1.82, 2.24) is 9.97 Å². The lowest BCUT2D eigenvalue weighted by Gasteiger charge is -2.29. The van der Waals surface area contributed by atoms with Crippen molar-refractivity contribution in [3.63, 3.8) is 0 Å². The van der Waals surface area contributed by atoms with Gasteiger partial charge in [0.25, 0.3) is 0 Å². The van der Waals surface area contributed by atoms with E-state index in [4.69, 9.17) is 11.6 Å². The molecular weight excluding hydrogens is 498 g/mol. The van der Waals surface area contributed by atoms with Crippen LogP contribution in [0, 0.1) is 11.8 Å². The molecule has 1 saturated heterocycles. The summed E-state index contributed by atoms with van der Waals surface area (Å²) in [6.45, 7) is 2.87. The van der Waals surface area contributed by atoms with Crippen LogP contribution in [0.5, 0.6) is 0 Å². The Hall–Kier alpha value is -3.45. The predicted octanol–water partition coefficient (Wildman–Crippen LogP) is 5.63. The van der Waals surface area contributed by atoms with Crippen LogP contribution in [-0.2, 0) is 9.59 Å². The van der Waals surface area contributed by atoms with Gasteiger partial charge in [0.1, 0.15) is 24.0 Å². The molecule has 2 aliphatic carbocycles. The molecule has 38 heavy (non-hydrogen) atoms. The Balaban J connectivity index is 1.14. The summed E-state index contributed by atoms with van der Waals surface area (Å²) in [4.78, 5) is 39.1. The van der Waals surface area contributed by atoms with E-state index < -0.39 is 0 Å². The van der Waals surface area contributed by atoms with Crippen LogP contribution in [0.4, 0.5) is 17.3 Å². The first kappa shape index (κ1) is 24.9. The molecule has 8 heteroatoms. The molecule has 2 heterocycles. The second-order valence-corrected chi connectivity index (χ2v) is 11.5. The Morgan fingerprint density at radius 1 is 1.03 bits per heavy atom. The van der Waals surface area contributed by atoms with Crippen molar-refractivity contribution in [2.24, 2.45) is 11.8 Å². The van der Waals surface area contributed by atoms with Crippen LogP contribution in [0.3, 0.4) is 0 Å². The van der Waals surface area contributed by atoms with E-state index in [1.54, 1.807) is 11.0 Å². The minimum atomic E-state index is -0.327. The highest BCUT2D eigenvalue weighted by Crippen LogP contribution is 2.48. The predicted molar refractivity (Wildman–Crippen MR) is 150 cm³/mol. The van der Waals surface area contributed by atoms with Crippen LogP contribution in [-0.4, -0.2) is 41.4 Å². The van der Waals surface area contributed by atoms with E-state index >= 15 is 0 Å². The van der Waals surface area contributed by atoms with E-state index in [2.05, 4.69) is 34.3 Å². The van der Waals surface area contributed by atoms with Crippen molar-refractivity contribution in [3.05, 3.63) is 77.1 Å². The van der Waals surface area contributed by atoms with Crippen molar-refractivity contribution in [2.45, 2.75) is 50.5 Å². The molecular formula is C30H32ClN5O2. The summed E-state index contributed by atoms with van der Waals surface area (Å²) in [5, 5.41) is 3.64. The second kappa shape index (κ2) is 10.0. The van der Waals surface area contributed by atoms with Crippen molar-refractivity contribution in [2.75, 3.05) is 28.7 Å². The Kier molecular flexibility index (Phi) is 6.56. The number of nitrogens with one attached hydrogen (secondary N) is 1. The maximum absolute atomic E-state index is 13.6. The molecule has 0 radical (unpaired) electrons. The number of carbonyl (C=O) groups excluding carboxylic acids is 2. The van der Waals surface area contributed by atoms with Crippen molar-refractivity contribution in [3.8, 4) is 0 Å². The van der Waals surface area contributed by atoms with Gasteiger partial charge in [0.2, 0.25) is 11.8 Å². The summed E-state index contributed by atoms with van der Waals surface area (Å²) in [5.74, 6) is 2.18. The molecule has 0 bridgehead atoms. The van der Waals surface area contributed by atoms with Crippen molar-refractivity contribution in [1.29, 1.82) is 0 Å². The highest BCUT2D eigenvalue weighted by atomic mass is 35.5. The highest BCUT2D eigenvalue weighted by molar-refractivity contribution is 6.30. The minimum Gasteiger partial charge on any atom is -0.344 e. The average Bonchev–Trinajstić information content (AvgIpc) is 3.85. The van der Waals surface area contributed by atoms with Crippen LogP contribution in [0.2, 0.25) is 5.02 Å². The summed E-state index contributed by atoms with van der Waals surface area (Å²) >= 11 is 6.12. The number of amides is 2. The second-order valence-electron chi connectivity index (χ2n) is 11.0. The number of hydrogen-bond acceptors (Lipinski definition) is 5. The Bertz CT molecular complexity index is 1360. The summed E-state index contributed by atoms with van der Waals surface area (Å²) in [5.41, 5.74) is 3.33. The molecule has 2 amide bonds. The monoisotopic (exact) mass is 529 g/mol. The van der Waals surface area contributed by atoms with Gasteiger partial charge in [0.15, 0.2) is 0 Å². The average molecular weight is 530 g/mol. The molecule has 2 aromatic carbocycles. The lowest BCUT2D eigenvalue weighted by Crippen LogP contribution is -2.44. The van der Waals surface area contributed by atoms with E-state index in [9.17, 15) is 9.59 Å². The van der Waals surface area contributed by atoms with E-state index in [0.29, 0.717) is 35.0 Å². The summed E-state index contributed by atoms with van der Waals surface area (Å²) in [7, 11) is 1.84. The van der Waals surface area contributed by atoms with Gasteiger partial charge < -0.3 is 15.1 Å². The number of halogens is 1. The molecule has 4 atom stereocenters. The fourth-order valence-corrected chi connectivity index (χ4v) is 5.85. The standard InChI is InChI=1S/C30H32ClN5O2/c1-18-12-26(30(38)35(2)23-10-8-20(9-11-23)19-6-7-19)36(16-18)28-15-27(32-17-33-28)34-29(37)25-14-24(25)21-4-3-5-22(31)13-21/h3-5,8-11,13,15,17-19,24-26H,6-7,12,14,16H2,1-2H3,(H,32,33,34,37)/t18-,24+,25-,26+/m0/s1. The summed E-state index contributed by atoms with van der Waals surface area (Å²) in [6, 6.07) is 17.5. The maximum atomic E-state index is 13.6. The molecule has 1 aliphatic heterocycles. The number of aromatic nitrogens is 2. The lowest BCUT2D eigenvalue weighted by atomic mass is 10.1. The number of likely N-dealkylation sites (N-methyl/N-ethyl adjacent to an activating group) is 1. The molecule has 3 fully saturated rings. The van der Waals surface area contributed by atoms with Crippen LogP contribution < -0.4 is 15.1 Å². The molecule has 196 valence electrons. The molecule has 1 aromatic heterocycles. The van der Waals surface area contributed by atoms with Gasteiger partial charge in [-0.2, -0.15) is 0 Å². The van der Waals surface area contributed by atoms with Crippen LogP contribution in [0.25, 0.3) is 0 Å². The van der Waals surface area contributed by atoms with Gasteiger partial charge in [0, 0.05) is 36.3 Å². The number of nitrogens with zero attached hydrogens (tertiary/aromatic N) is 4. The normalized spacial score (nSPS) is 24.2. The molecule has 1 N–H and O–H groups in total. The summed E-state index contributed by atoms with van der Waals surface area (Å²) < 4.78 is 0. The maximum Gasteiger partial charge on any atom is 0.249 e. The van der Waals surface area contributed by atoms with Crippen molar-refractivity contribution < 1.29 is 9.59 Å². The van der Waals surface area contributed by atoms with Gasteiger partial charge in [-0.15, -0.1) is 0 Å². The van der Waals surface area contributed by atoms with Crippen LogP contribution in [0.1, 0.15) is 55.6 Å². The van der Waals surface area contributed by atoms with Gasteiger partial charge >= 0.3 is 0 Å². The Morgan fingerprint density at radius 2 is 1.82 bits per heavy atom. The molecule has 2 saturated carbocycles. The summed E-state index contributed by atoms with van der Waals surface area (Å²) in [6.07, 6.45) is 5.51. The Labute approximate surface area is 228 Å². The number of benzene rings is 2. The van der Waals surface area contributed by atoms with Gasteiger partial charge in [0.05, 0.1) is 0 Å². The fourth-order valence-electron chi connectivity index (χ4n) is 5.65. The fraction of sp³-hybridized carbons (Fsp3) is 0.400. The third-order valence-corrected chi connectivity index (χ3v) is 8.29. The molecule has 0 spiro atoms. The first-order valence-corrected chi connectivity index (χ1v) is 13.8. The molecule has 3 aromatic rings. The van der Waals surface area contributed by atoms with E-state index in [1.165, 1.54) is 24.7 Å². The van der Waals surface area contributed by atoms with Crippen molar-refractivity contribution >= 4 is 40.7 Å². The Morgan fingerprint density at radius 3 is 2.55 bits per heavy atom. The number of hydrogen-bond donors (Lipinski definition) is 1. The largest absolute Gasteiger partial charge is 0.344 e. The lowest BCUT2D eigenvalue weighted by molar-refractivity contribution is -0.119. The van der Waals surface area contributed by atoms with Gasteiger partial charge in [-0.05, 0) is 78.8 Å². The quantitative estimate of drug-likeness (QED) is 0.429. The number of anilines is 3. The zero-order valence-corrected chi connectivity index (χ0v) is 22.4. The van der Waals surface area contributed by atoms with Gasteiger partial charge in [-0.3, -0.25) is 9.59 Å². The van der Waals surface area contributed by atoms with Crippen LogP contribution in [0.15, 0.2) is 60.9 Å². The molecule has 3 aliphatic rings. The van der Waals surface area contributed by atoms with E-state index in [-0.39, 0.29) is 29.7 Å². The number of rotatable bonds is 7. The first-order valence-electron chi connectivity index (χ1n) is 13.4. The van der Waals surface area contributed by atoms with Crippen LogP contribution >= 0.6 is 11.6 Å². The third-order valence-electron chi connectivity index (χ3n) is 8.06. The molecule has 7 nitrogen and oxygen atoms in total. The van der Waals surface area contributed by atoms with E-state index in [0.717, 1.165) is 24.1 Å². The zero-order valence-electron chi connectivity index (χ0n) is 21.7. The third kappa shape index (κ3) is 5.12.